The Balaban J connectivity index is 2.08. The van der Waals surface area contributed by atoms with Crippen molar-refractivity contribution in [1.82, 2.24) is 4.98 Å². The Morgan fingerprint density at radius 1 is 1.53 bits per heavy atom. The number of nitrogens with zero attached hydrogens (tertiary/aromatic N) is 2. The number of pyridine rings is 1. The lowest BCUT2D eigenvalue weighted by molar-refractivity contribution is 0.0690. The first-order valence-corrected chi connectivity index (χ1v) is 6.15. The molecule has 0 bridgehead atoms. The van der Waals surface area contributed by atoms with E-state index in [1.165, 1.54) is 19.3 Å². The van der Waals surface area contributed by atoms with Crippen LogP contribution in [0.15, 0.2) is 18.3 Å². The predicted octanol–water partition coefficient (Wildman–Crippen LogP) is 2.41. The first kappa shape index (κ1) is 11.9. The van der Waals surface area contributed by atoms with Gasteiger partial charge in [0.25, 0.3) is 0 Å². The molecule has 1 N–H and O–H groups in total. The molecule has 92 valence electrons. The number of carbonyl (C=O) groups is 1. The van der Waals surface area contributed by atoms with Crippen molar-refractivity contribution < 1.29 is 9.90 Å². The second-order valence-electron chi connectivity index (χ2n) is 4.54. The van der Waals surface area contributed by atoms with Gasteiger partial charge in [0.2, 0.25) is 0 Å². The Kier molecular flexibility index (Phi) is 3.61. The largest absolute Gasteiger partial charge is 0.477 e. The highest BCUT2D eigenvalue weighted by Gasteiger charge is 2.18. The highest BCUT2D eigenvalue weighted by Crippen LogP contribution is 2.24. The zero-order valence-electron chi connectivity index (χ0n) is 10.1. The fourth-order valence-corrected chi connectivity index (χ4v) is 2.33. The number of carboxylic acids is 1. The summed E-state index contributed by atoms with van der Waals surface area (Å²) in [5, 5.41) is 8.91. The summed E-state index contributed by atoms with van der Waals surface area (Å²) in [5.41, 5.74) is 1.10. The van der Waals surface area contributed by atoms with Crippen LogP contribution in [-0.4, -0.2) is 29.1 Å². The molecule has 1 aliphatic heterocycles. The monoisotopic (exact) mass is 234 g/mol. The van der Waals surface area contributed by atoms with E-state index < -0.39 is 5.97 Å². The average Bonchev–Trinajstić information content (AvgIpc) is 2.39. The molecular formula is C13H18N2O2. The van der Waals surface area contributed by atoms with Gasteiger partial charge in [0.1, 0.15) is 5.69 Å². The smallest absolute Gasteiger partial charge is 0.354 e. The Labute approximate surface area is 101 Å². The van der Waals surface area contributed by atoms with Crippen molar-refractivity contribution in [2.45, 2.75) is 26.2 Å². The van der Waals surface area contributed by atoms with E-state index in [1.54, 1.807) is 12.3 Å². The van der Waals surface area contributed by atoms with Crippen molar-refractivity contribution >= 4 is 11.7 Å². The normalized spacial score (nSPS) is 17.1. The molecule has 0 aliphatic carbocycles. The van der Waals surface area contributed by atoms with E-state index in [0.29, 0.717) is 0 Å². The number of carboxylic acid groups (broad SMARTS) is 1. The molecule has 2 heterocycles. The first-order valence-electron chi connectivity index (χ1n) is 6.15. The van der Waals surface area contributed by atoms with Gasteiger partial charge in [-0.1, -0.05) is 13.3 Å². The summed E-state index contributed by atoms with van der Waals surface area (Å²) < 4.78 is 0. The van der Waals surface area contributed by atoms with Gasteiger partial charge >= 0.3 is 5.97 Å². The molecule has 17 heavy (non-hydrogen) atoms. The van der Waals surface area contributed by atoms with Crippen LogP contribution in [0.2, 0.25) is 0 Å². The molecular weight excluding hydrogens is 216 g/mol. The molecule has 0 atom stereocenters. The average molecular weight is 234 g/mol. The van der Waals surface area contributed by atoms with Gasteiger partial charge in [-0.05, 0) is 30.9 Å². The van der Waals surface area contributed by atoms with E-state index in [0.717, 1.165) is 24.7 Å². The molecule has 1 aromatic rings. The van der Waals surface area contributed by atoms with Crippen LogP contribution in [0.3, 0.4) is 0 Å². The molecule has 0 spiro atoms. The molecule has 0 radical (unpaired) electrons. The molecule has 4 heteroatoms. The lowest BCUT2D eigenvalue weighted by Gasteiger charge is -2.33. The molecule has 0 unspecified atom stereocenters. The van der Waals surface area contributed by atoms with Crippen LogP contribution >= 0.6 is 0 Å². The Morgan fingerprint density at radius 3 is 2.82 bits per heavy atom. The lowest BCUT2D eigenvalue weighted by atomic mass is 9.94. The van der Waals surface area contributed by atoms with Crippen LogP contribution < -0.4 is 4.90 Å². The molecule has 0 saturated carbocycles. The van der Waals surface area contributed by atoms with Crippen LogP contribution in [0.4, 0.5) is 5.69 Å². The number of aromatic carboxylic acids is 1. The molecule has 1 aliphatic rings. The number of hydrogen-bond acceptors (Lipinski definition) is 3. The number of piperidine rings is 1. The van der Waals surface area contributed by atoms with Gasteiger partial charge in [-0.25, -0.2) is 9.78 Å². The summed E-state index contributed by atoms with van der Waals surface area (Å²) in [6.45, 7) is 4.26. The third-order valence-corrected chi connectivity index (χ3v) is 3.52. The number of aromatic nitrogens is 1. The fraction of sp³-hybridized carbons (Fsp3) is 0.538. The number of hydrogen-bond donors (Lipinski definition) is 1. The molecule has 1 saturated heterocycles. The SMILES string of the molecule is CCC1CCN(c2ccnc(C(=O)O)c2)CC1. The van der Waals surface area contributed by atoms with Gasteiger partial charge in [-0.15, -0.1) is 0 Å². The lowest BCUT2D eigenvalue weighted by Crippen LogP contribution is -2.33. The van der Waals surface area contributed by atoms with Crippen LogP contribution in [0, 0.1) is 5.92 Å². The van der Waals surface area contributed by atoms with Gasteiger partial charge < -0.3 is 10.0 Å². The standard InChI is InChI=1S/C13H18N2O2/c1-2-10-4-7-15(8-5-10)11-3-6-14-12(9-11)13(16)17/h3,6,9-10H,2,4-5,7-8H2,1H3,(H,16,17). The minimum absolute atomic E-state index is 0.125. The van der Waals surface area contributed by atoms with E-state index in [4.69, 9.17) is 5.11 Å². The maximum absolute atomic E-state index is 10.9. The number of rotatable bonds is 3. The van der Waals surface area contributed by atoms with Gasteiger partial charge in [-0.3, -0.25) is 0 Å². The van der Waals surface area contributed by atoms with Crippen LogP contribution in [0.25, 0.3) is 0 Å². The molecule has 4 nitrogen and oxygen atoms in total. The van der Waals surface area contributed by atoms with E-state index in [2.05, 4.69) is 16.8 Å². The summed E-state index contributed by atoms with van der Waals surface area (Å²) in [7, 11) is 0. The summed E-state index contributed by atoms with van der Waals surface area (Å²) in [6, 6.07) is 3.55. The minimum Gasteiger partial charge on any atom is -0.477 e. The Bertz CT molecular complexity index is 398. The molecule has 0 aromatic carbocycles. The maximum Gasteiger partial charge on any atom is 0.354 e. The maximum atomic E-state index is 10.9. The van der Waals surface area contributed by atoms with Crippen molar-refractivity contribution in [3.63, 3.8) is 0 Å². The Hall–Kier alpha value is -1.58. The van der Waals surface area contributed by atoms with Crippen LogP contribution in [0.5, 0.6) is 0 Å². The third-order valence-electron chi connectivity index (χ3n) is 3.52. The van der Waals surface area contributed by atoms with Gasteiger partial charge in [0.05, 0.1) is 0 Å². The van der Waals surface area contributed by atoms with Crippen molar-refractivity contribution in [2.75, 3.05) is 18.0 Å². The van der Waals surface area contributed by atoms with Gasteiger partial charge in [-0.2, -0.15) is 0 Å². The highest BCUT2D eigenvalue weighted by molar-refractivity contribution is 5.86. The summed E-state index contributed by atoms with van der Waals surface area (Å²) in [5.74, 6) is -0.137. The molecule has 1 fully saturated rings. The third kappa shape index (κ3) is 2.75. The summed E-state index contributed by atoms with van der Waals surface area (Å²) >= 11 is 0. The summed E-state index contributed by atoms with van der Waals surface area (Å²) in [4.78, 5) is 16.9. The second-order valence-corrected chi connectivity index (χ2v) is 4.54. The molecule has 2 rings (SSSR count). The van der Waals surface area contributed by atoms with Crippen molar-refractivity contribution in [3.8, 4) is 0 Å². The first-order chi connectivity index (χ1) is 8.20. The fourth-order valence-electron chi connectivity index (χ4n) is 2.33. The van der Waals surface area contributed by atoms with Crippen LogP contribution in [0.1, 0.15) is 36.7 Å². The van der Waals surface area contributed by atoms with E-state index in [9.17, 15) is 4.79 Å². The van der Waals surface area contributed by atoms with Crippen molar-refractivity contribution in [2.24, 2.45) is 5.92 Å². The zero-order valence-corrected chi connectivity index (χ0v) is 10.1. The predicted molar refractivity (Wildman–Crippen MR) is 66.4 cm³/mol. The van der Waals surface area contributed by atoms with Crippen molar-refractivity contribution in [1.29, 1.82) is 0 Å². The minimum atomic E-state index is -0.963. The zero-order chi connectivity index (χ0) is 12.3. The Morgan fingerprint density at radius 2 is 2.24 bits per heavy atom. The van der Waals surface area contributed by atoms with Gasteiger partial charge in [0, 0.05) is 25.0 Å². The number of anilines is 1. The summed E-state index contributed by atoms with van der Waals surface area (Å²) in [6.07, 6.45) is 5.21. The van der Waals surface area contributed by atoms with Gasteiger partial charge in [0.15, 0.2) is 0 Å². The van der Waals surface area contributed by atoms with E-state index >= 15 is 0 Å². The molecule has 0 amide bonds. The second kappa shape index (κ2) is 5.17. The van der Waals surface area contributed by atoms with E-state index in [-0.39, 0.29) is 5.69 Å². The van der Waals surface area contributed by atoms with E-state index in [1.807, 2.05) is 6.07 Å². The topological polar surface area (TPSA) is 53.4 Å². The molecule has 1 aromatic heterocycles. The highest BCUT2D eigenvalue weighted by atomic mass is 16.4. The quantitative estimate of drug-likeness (QED) is 0.872. The van der Waals surface area contributed by atoms with Crippen molar-refractivity contribution in [3.05, 3.63) is 24.0 Å². The van der Waals surface area contributed by atoms with Crippen LogP contribution in [-0.2, 0) is 0 Å².